The van der Waals surface area contributed by atoms with Crippen LogP contribution >= 0.6 is 0 Å². The number of carbonyl (C=O) groups excluding carboxylic acids is 1. The van der Waals surface area contributed by atoms with E-state index in [0.29, 0.717) is 6.54 Å². The zero-order valence-electron chi connectivity index (χ0n) is 7.36. The molecule has 1 spiro atoms. The van der Waals surface area contributed by atoms with Gasteiger partial charge in [-0.25, -0.2) is 4.79 Å². The molecule has 0 bridgehead atoms. The van der Waals surface area contributed by atoms with Crippen LogP contribution in [0.5, 0.6) is 0 Å². The summed E-state index contributed by atoms with van der Waals surface area (Å²) in [5.74, 6) is 0. The molecule has 1 aliphatic carbocycles. The van der Waals surface area contributed by atoms with Crippen LogP contribution in [-0.4, -0.2) is 23.2 Å². The lowest BCUT2D eigenvalue weighted by Gasteiger charge is -2.29. The van der Waals surface area contributed by atoms with E-state index in [1.807, 2.05) is 0 Å². The molecule has 1 aliphatic heterocycles. The van der Waals surface area contributed by atoms with Gasteiger partial charge in [0, 0.05) is 0 Å². The summed E-state index contributed by atoms with van der Waals surface area (Å²) in [5.41, 5.74) is -0.400. The second-order valence-electron chi connectivity index (χ2n) is 3.75. The van der Waals surface area contributed by atoms with Gasteiger partial charge in [0.15, 0.2) is 0 Å². The summed E-state index contributed by atoms with van der Waals surface area (Å²) in [4.78, 5) is 21.3. The molecule has 1 saturated heterocycles. The first-order valence-electron chi connectivity index (χ1n) is 4.60. The number of carbonyl (C=O) groups is 1. The first-order chi connectivity index (χ1) is 6.26. The zero-order chi connectivity index (χ0) is 9.31. The number of amides is 1. The third-order valence-electron chi connectivity index (χ3n) is 2.82. The van der Waals surface area contributed by atoms with E-state index < -0.39 is 11.7 Å². The minimum Gasteiger partial charge on any atom is -0.439 e. The Balaban J connectivity index is 2.09. The number of nitroso groups, excluding NO2 is 1. The van der Waals surface area contributed by atoms with Gasteiger partial charge in [0.1, 0.15) is 5.60 Å². The Kier molecular flexibility index (Phi) is 1.94. The zero-order valence-corrected chi connectivity index (χ0v) is 7.36. The number of rotatable bonds is 1. The summed E-state index contributed by atoms with van der Waals surface area (Å²) >= 11 is 0. The summed E-state index contributed by atoms with van der Waals surface area (Å²) in [6.07, 6.45) is 4.47. The standard InChI is InChI=1S/C8H12N2O3/c11-7-10(9-12)6-8(13-7)4-2-1-3-5-8/h1-6H2. The molecule has 1 heterocycles. The summed E-state index contributed by atoms with van der Waals surface area (Å²) in [5, 5.41) is 3.51. The molecule has 1 saturated carbocycles. The SMILES string of the molecule is O=NN1CC2(CCCCC2)OC1=O. The van der Waals surface area contributed by atoms with Crippen molar-refractivity contribution in [2.24, 2.45) is 5.29 Å². The van der Waals surface area contributed by atoms with Gasteiger partial charge in [-0.2, -0.15) is 5.01 Å². The Morgan fingerprint density at radius 3 is 2.54 bits per heavy atom. The maximum Gasteiger partial charge on any atom is 0.433 e. The fraction of sp³-hybridized carbons (Fsp3) is 0.875. The quantitative estimate of drug-likeness (QED) is 0.584. The van der Waals surface area contributed by atoms with E-state index in [9.17, 15) is 9.70 Å². The second kappa shape index (κ2) is 2.97. The Morgan fingerprint density at radius 2 is 2.00 bits per heavy atom. The lowest BCUT2D eigenvalue weighted by molar-refractivity contribution is 0.0260. The van der Waals surface area contributed by atoms with Crippen molar-refractivity contribution in [2.75, 3.05) is 6.54 Å². The molecule has 0 radical (unpaired) electrons. The topological polar surface area (TPSA) is 59.0 Å². The molecule has 0 unspecified atom stereocenters. The first-order valence-corrected chi connectivity index (χ1v) is 4.60. The number of nitrogens with zero attached hydrogens (tertiary/aromatic N) is 2. The second-order valence-corrected chi connectivity index (χ2v) is 3.75. The fourth-order valence-electron chi connectivity index (χ4n) is 2.13. The van der Waals surface area contributed by atoms with Gasteiger partial charge in [0.25, 0.3) is 0 Å². The third-order valence-corrected chi connectivity index (χ3v) is 2.82. The van der Waals surface area contributed by atoms with Crippen LogP contribution in [-0.2, 0) is 4.74 Å². The molecule has 5 heteroatoms. The van der Waals surface area contributed by atoms with Gasteiger partial charge in [-0.3, -0.25) is 0 Å². The highest BCUT2D eigenvalue weighted by molar-refractivity contribution is 5.70. The van der Waals surface area contributed by atoms with Crippen molar-refractivity contribution in [1.82, 2.24) is 5.01 Å². The summed E-state index contributed by atoms with van der Waals surface area (Å²) in [6, 6.07) is 0. The van der Waals surface area contributed by atoms with E-state index in [0.717, 1.165) is 30.7 Å². The van der Waals surface area contributed by atoms with Gasteiger partial charge in [0.2, 0.25) is 0 Å². The smallest absolute Gasteiger partial charge is 0.433 e. The molecular formula is C8H12N2O3. The molecule has 2 aliphatic rings. The molecule has 0 aromatic rings. The van der Waals surface area contributed by atoms with Crippen molar-refractivity contribution in [3.05, 3.63) is 4.91 Å². The highest BCUT2D eigenvalue weighted by atomic mass is 16.6. The van der Waals surface area contributed by atoms with Gasteiger partial charge in [-0.1, -0.05) is 6.42 Å². The van der Waals surface area contributed by atoms with Crippen LogP contribution in [0, 0.1) is 4.91 Å². The normalized spacial score (nSPS) is 26.2. The minimum absolute atomic E-state index is 0.343. The molecular weight excluding hydrogens is 172 g/mol. The summed E-state index contributed by atoms with van der Waals surface area (Å²) < 4.78 is 5.19. The van der Waals surface area contributed by atoms with Crippen LogP contribution in [0.15, 0.2) is 5.29 Å². The molecule has 2 fully saturated rings. The van der Waals surface area contributed by atoms with Gasteiger partial charge >= 0.3 is 6.09 Å². The Labute approximate surface area is 76.0 Å². The Hall–Kier alpha value is -1.13. The van der Waals surface area contributed by atoms with Crippen molar-refractivity contribution in [2.45, 2.75) is 37.7 Å². The van der Waals surface area contributed by atoms with E-state index >= 15 is 0 Å². The average molecular weight is 184 g/mol. The van der Waals surface area contributed by atoms with Crippen molar-refractivity contribution in [3.63, 3.8) is 0 Å². The van der Waals surface area contributed by atoms with Gasteiger partial charge in [-0.05, 0) is 25.7 Å². The first kappa shape index (κ1) is 8.47. The molecule has 0 aromatic heterocycles. The molecule has 0 N–H and O–H groups in total. The molecule has 5 nitrogen and oxygen atoms in total. The molecule has 2 rings (SSSR count). The summed E-state index contributed by atoms with van der Waals surface area (Å²) in [7, 11) is 0. The van der Waals surface area contributed by atoms with Crippen molar-refractivity contribution < 1.29 is 9.53 Å². The van der Waals surface area contributed by atoms with Crippen molar-refractivity contribution in [1.29, 1.82) is 0 Å². The maximum atomic E-state index is 11.1. The van der Waals surface area contributed by atoms with Crippen LogP contribution in [0.1, 0.15) is 32.1 Å². The van der Waals surface area contributed by atoms with Crippen LogP contribution in [0.4, 0.5) is 4.79 Å². The van der Waals surface area contributed by atoms with Gasteiger partial charge in [0.05, 0.1) is 11.8 Å². The predicted molar refractivity (Wildman–Crippen MR) is 44.8 cm³/mol. The van der Waals surface area contributed by atoms with E-state index in [1.165, 1.54) is 6.42 Å². The highest BCUT2D eigenvalue weighted by Gasteiger charge is 2.46. The molecule has 0 aromatic carbocycles. The highest BCUT2D eigenvalue weighted by Crippen LogP contribution is 2.36. The molecule has 1 amide bonds. The summed E-state index contributed by atoms with van der Waals surface area (Å²) in [6.45, 7) is 0.343. The van der Waals surface area contributed by atoms with Crippen LogP contribution in [0.2, 0.25) is 0 Å². The minimum atomic E-state index is -0.586. The lowest BCUT2D eigenvalue weighted by atomic mass is 9.85. The lowest BCUT2D eigenvalue weighted by Crippen LogP contribution is -2.35. The van der Waals surface area contributed by atoms with E-state index in [4.69, 9.17) is 4.74 Å². The van der Waals surface area contributed by atoms with Crippen LogP contribution in [0.25, 0.3) is 0 Å². The molecule has 72 valence electrons. The molecule has 13 heavy (non-hydrogen) atoms. The van der Waals surface area contributed by atoms with Gasteiger partial charge in [-0.15, -0.1) is 4.91 Å². The monoisotopic (exact) mass is 184 g/mol. The predicted octanol–water partition coefficient (Wildman–Crippen LogP) is 1.82. The van der Waals surface area contributed by atoms with Crippen molar-refractivity contribution >= 4 is 6.09 Å². The van der Waals surface area contributed by atoms with Crippen molar-refractivity contribution in [3.8, 4) is 0 Å². The largest absolute Gasteiger partial charge is 0.439 e. The number of hydrogen-bond donors (Lipinski definition) is 0. The van der Waals surface area contributed by atoms with Crippen LogP contribution < -0.4 is 0 Å². The Bertz CT molecular complexity index is 236. The van der Waals surface area contributed by atoms with Crippen LogP contribution in [0.3, 0.4) is 0 Å². The van der Waals surface area contributed by atoms with Gasteiger partial charge < -0.3 is 4.74 Å². The van der Waals surface area contributed by atoms with E-state index in [2.05, 4.69) is 5.29 Å². The average Bonchev–Trinajstić information content (AvgIpc) is 2.44. The number of hydrogen-bond acceptors (Lipinski definition) is 4. The number of ether oxygens (including phenoxy) is 1. The molecule has 0 atom stereocenters. The maximum absolute atomic E-state index is 11.1. The van der Waals surface area contributed by atoms with E-state index in [1.54, 1.807) is 0 Å². The fourth-order valence-corrected chi connectivity index (χ4v) is 2.13. The third kappa shape index (κ3) is 1.38. The Morgan fingerprint density at radius 1 is 1.31 bits per heavy atom. The van der Waals surface area contributed by atoms with E-state index in [-0.39, 0.29) is 0 Å².